The monoisotopic (exact) mass is 373 g/mol. The lowest BCUT2D eigenvalue weighted by Crippen LogP contribution is -2.42. The van der Waals surface area contributed by atoms with Gasteiger partial charge in [0.05, 0.1) is 18.4 Å². The Bertz CT molecular complexity index is 930. The zero-order chi connectivity index (χ0) is 19.4. The van der Waals surface area contributed by atoms with E-state index in [0.717, 1.165) is 0 Å². The van der Waals surface area contributed by atoms with Crippen molar-refractivity contribution in [3.05, 3.63) is 40.3 Å². The van der Waals surface area contributed by atoms with Crippen LogP contribution in [-0.2, 0) is 19.1 Å². The normalized spacial score (nSPS) is 14.8. The number of amides is 1. The van der Waals surface area contributed by atoms with Crippen LogP contribution in [0.1, 0.15) is 23.3 Å². The van der Waals surface area contributed by atoms with E-state index in [9.17, 15) is 19.2 Å². The van der Waals surface area contributed by atoms with Crippen LogP contribution in [0.25, 0.3) is 10.8 Å². The fourth-order valence-electron chi connectivity index (χ4n) is 3.09. The first-order valence-electron chi connectivity index (χ1n) is 8.51. The number of nitrogens with one attached hydrogen (secondary N) is 1. The van der Waals surface area contributed by atoms with Gasteiger partial charge in [0.25, 0.3) is 11.5 Å². The van der Waals surface area contributed by atoms with E-state index in [1.807, 2.05) is 0 Å². The summed E-state index contributed by atoms with van der Waals surface area (Å²) in [6, 6.07) is 6.52. The van der Waals surface area contributed by atoms with Gasteiger partial charge in [0.1, 0.15) is 0 Å². The minimum absolute atomic E-state index is 0.0533. The van der Waals surface area contributed by atoms with E-state index in [-0.39, 0.29) is 23.5 Å². The largest absolute Gasteiger partial charge is 0.469 e. The van der Waals surface area contributed by atoms with Crippen molar-refractivity contribution in [1.29, 1.82) is 0 Å². The molecule has 0 radical (unpaired) electrons. The molecule has 9 heteroatoms. The molecule has 0 atom stereocenters. The second-order valence-electron chi connectivity index (χ2n) is 6.20. The second-order valence-corrected chi connectivity index (χ2v) is 6.20. The molecule has 1 aliphatic heterocycles. The van der Waals surface area contributed by atoms with Crippen molar-refractivity contribution in [1.82, 2.24) is 15.1 Å². The quantitative estimate of drug-likeness (QED) is 0.775. The van der Waals surface area contributed by atoms with Crippen LogP contribution < -0.4 is 5.56 Å². The van der Waals surface area contributed by atoms with Gasteiger partial charge in [-0.05, 0) is 18.9 Å². The molecule has 1 N–H and O–H groups in total. The van der Waals surface area contributed by atoms with Gasteiger partial charge >= 0.3 is 11.9 Å². The Balaban J connectivity index is 1.60. The van der Waals surface area contributed by atoms with Gasteiger partial charge in [-0.3, -0.25) is 14.4 Å². The minimum atomic E-state index is -0.791. The average Bonchev–Trinajstić information content (AvgIpc) is 2.71. The first-order valence-corrected chi connectivity index (χ1v) is 8.51. The number of esters is 2. The zero-order valence-corrected chi connectivity index (χ0v) is 14.8. The van der Waals surface area contributed by atoms with Crippen molar-refractivity contribution in [2.24, 2.45) is 5.92 Å². The van der Waals surface area contributed by atoms with Crippen LogP contribution in [0.15, 0.2) is 29.1 Å². The number of likely N-dealkylation sites (tertiary alicyclic amines) is 1. The van der Waals surface area contributed by atoms with Crippen molar-refractivity contribution in [2.75, 3.05) is 26.8 Å². The molecule has 1 aromatic heterocycles. The number of H-pyrrole nitrogens is 1. The van der Waals surface area contributed by atoms with E-state index in [1.165, 1.54) is 7.11 Å². The fourth-order valence-corrected chi connectivity index (χ4v) is 3.09. The number of carbonyl (C=O) groups excluding carboxylic acids is 3. The minimum Gasteiger partial charge on any atom is -0.469 e. The predicted octanol–water partition coefficient (Wildman–Crippen LogP) is 0.491. The summed E-state index contributed by atoms with van der Waals surface area (Å²) in [6.45, 7) is 0.364. The Morgan fingerprint density at radius 3 is 2.52 bits per heavy atom. The van der Waals surface area contributed by atoms with Crippen molar-refractivity contribution in [2.45, 2.75) is 12.8 Å². The molecule has 27 heavy (non-hydrogen) atoms. The standard InChI is InChI=1S/C18H19N3O6/c1-26-17(24)11-6-8-21(9-7-11)14(22)10-27-18(25)15-12-4-2-3-5-13(12)16(23)20-19-15/h2-5,11H,6-10H2,1H3,(H,20,23). The smallest absolute Gasteiger partial charge is 0.359 e. The SMILES string of the molecule is COC(=O)C1CCN(C(=O)COC(=O)c2n[nH]c(=O)c3ccccc23)CC1. The van der Waals surface area contributed by atoms with Crippen molar-refractivity contribution in [3.63, 3.8) is 0 Å². The number of aromatic amines is 1. The highest BCUT2D eigenvalue weighted by molar-refractivity contribution is 6.02. The highest BCUT2D eigenvalue weighted by Gasteiger charge is 2.28. The molecule has 1 aliphatic rings. The molecule has 1 amide bonds. The Morgan fingerprint density at radius 2 is 1.85 bits per heavy atom. The highest BCUT2D eigenvalue weighted by atomic mass is 16.5. The molecule has 0 saturated carbocycles. The Hall–Kier alpha value is -3.23. The third-order valence-electron chi connectivity index (χ3n) is 4.60. The molecular formula is C18H19N3O6. The molecule has 9 nitrogen and oxygen atoms in total. The van der Waals surface area contributed by atoms with Gasteiger partial charge in [-0.2, -0.15) is 5.10 Å². The van der Waals surface area contributed by atoms with Gasteiger partial charge < -0.3 is 14.4 Å². The maximum Gasteiger partial charge on any atom is 0.359 e. The Kier molecular flexibility index (Phi) is 5.49. The fraction of sp³-hybridized carbons (Fsp3) is 0.389. The van der Waals surface area contributed by atoms with Gasteiger partial charge in [0, 0.05) is 18.5 Å². The summed E-state index contributed by atoms with van der Waals surface area (Å²) >= 11 is 0. The van der Waals surface area contributed by atoms with Gasteiger partial charge in [-0.15, -0.1) is 0 Å². The van der Waals surface area contributed by atoms with E-state index in [2.05, 4.69) is 10.2 Å². The van der Waals surface area contributed by atoms with E-state index < -0.39 is 18.1 Å². The summed E-state index contributed by atoms with van der Waals surface area (Å²) < 4.78 is 9.79. The van der Waals surface area contributed by atoms with E-state index >= 15 is 0 Å². The van der Waals surface area contributed by atoms with Crippen LogP contribution in [0.3, 0.4) is 0 Å². The number of aromatic nitrogens is 2. The molecule has 0 unspecified atom stereocenters. The van der Waals surface area contributed by atoms with Crippen LogP contribution in [0.2, 0.25) is 0 Å². The van der Waals surface area contributed by atoms with Crippen LogP contribution in [-0.4, -0.2) is 59.7 Å². The number of benzene rings is 1. The second kappa shape index (κ2) is 7.98. The number of carbonyl (C=O) groups is 3. The van der Waals surface area contributed by atoms with E-state index in [1.54, 1.807) is 29.2 Å². The average molecular weight is 373 g/mol. The molecule has 1 saturated heterocycles. The molecule has 142 valence electrons. The molecule has 3 rings (SSSR count). The molecule has 2 aromatic rings. The third kappa shape index (κ3) is 3.97. The molecule has 0 aliphatic carbocycles. The molecule has 1 aromatic carbocycles. The summed E-state index contributed by atoms with van der Waals surface area (Å²) in [5.41, 5.74) is -0.464. The number of rotatable bonds is 4. The van der Waals surface area contributed by atoms with Crippen LogP contribution in [0, 0.1) is 5.92 Å². The lowest BCUT2D eigenvalue weighted by atomic mass is 9.97. The van der Waals surface area contributed by atoms with Crippen LogP contribution >= 0.6 is 0 Å². The molecular weight excluding hydrogens is 354 g/mol. The highest BCUT2D eigenvalue weighted by Crippen LogP contribution is 2.19. The topological polar surface area (TPSA) is 119 Å². The summed E-state index contributed by atoms with van der Waals surface area (Å²) in [6.07, 6.45) is 1.02. The maximum absolute atomic E-state index is 12.3. The Labute approximate surface area is 154 Å². The summed E-state index contributed by atoms with van der Waals surface area (Å²) in [7, 11) is 1.34. The summed E-state index contributed by atoms with van der Waals surface area (Å²) in [4.78, 5) is 49.4. The van der Waals surface area contributed by atoms with Gasteiger partial charge in [0.2, 0.25) is 0 Å². The number of piperidine rings is 1. The number of hydrogen-bond donors (Lipinski definition) is 1. The lowest BCUT2D eigenvalue weighted by molar-refractivity contribution is -0.149. The van der Waals surface area contributed by atoms with Gasteiger partial charge in [-0.1, -0.05) is 18.2 Å². The number of nitrogens with zero attached hydrogens (tertiary/aromatic N) is 2. The molecule has 2 heterocycles. The third-order valence-corrected chi connectivity index (χ3v) is 4.60. The zero-order valence-electron chi connectivity index (χ0n) is 14.8. The van der Waals surface area contributed by atoms with Crippen LogP contribution in [0.4, 0.5) is 0 Å². The molecule has 0 bridgehead atoms. The molecule has 1 fully saturated rings. The van der Waals surface area contributed by atoms with E-state index in [0.29, 0.717) is 36.7 Å². The van der Waals surface area contributed by atoms with Crippen molar-refractivity contribution >= 4 is 28.6 Å². The van der Waals surface area contributed by atoms with Gasteiger partial charge in [0.15, 0.2) is 12.3 Å². The number of methoxy groups -OCH3 is 1. The van der Waals surface area contributed by atoms with Crippen LogP contribution in [0.5, 0.6) is 0 Å². The number of ether oxygens (including phenoxy) is 2. The van der Waals surface area contributed by atoms with Gasteiger partial charge in [-0.25, -0.2) is 9.89 Å². The lowest BCUT2D eigenvalue weighted by Gasteiger charge is -2.30. The first kappa shape index (κ1) is 18.6. The summed E-state index contributed by atoms with van der Waals surface area (Å²) in [5.74, 6) is -1.62. The first-order chi connectivity index (χ1) is 13.0. The predicted molar refractivity (Wildman–Crippen MR) is 94.0 cm³/mol. The summed E-state index contributed by atoms with van der Waals surface area (Å²) in [5, 5.41) is 6.67. The van der Waals surface area contributed by atoms with Crippen molar-refractivity contribution < 1.29 is 23.9 Å². The van der Waals surface area contributed by atoms with E-state index in [4.69, 9.17) is 9.47 Å². The molecule has 0 spiro atoms. The number of fused-ring (bicyclic) bond motifs is 1. The Morgan fingerprint density at radius 1 is 1.19 bits per heavy atom. The van der Waals surface area contributed by atoms with Crippen molar-refractivity contribution in [3.8, 4) is 0 Å². The maximum atomic E-state index is 12.3. The number of hydrogen-bond acceptors (Lipinski definition) is 7.